The third-order valence-corrected chi connectivity index (χ3v) is 7.90. The highest BCUT2D eigenvalue weighted by atomic mass is 15.0. The van der Waals surface area contributed by atoms with Crippen molar-refractivity contribution in [1.29, 1.82) is 0 Å². The SMILES string of the molecule is CCCCCCCCCCCCCC(CCCCCCCCCCCCC)CCCCN(C)C. The molecule has 0 aliphatic heterocycles. The van der Waals surface area contributed by atoms with Crippen LogP contribution in [0.15, 0.2) is 0 Å². The summed E-state index contributed by atoms with van der Waals surface area (Å²) in [5, 5.41) is 0. The van der Waals surface area contributed by atoms with E-state index in [1.54, 1.807) is 0 Å². The number of hydrogen-bond donors (Lipinski definition) is 0. The number of nitrogens with zero attached hydrogens (tertiary/aromatic N) is 1. The first-order valence-electron chi connectivity index (χ1n) is 16.3. The Kier molecular flexibility index (Phi) is 29.2. The van der Waals surface area contributed by atoms with E-state index in [9.17, 15) is 0 Å². The third kappa shape index (κ3) is 28.2. The van der Waals surface area contributed by atoms with E-state index >= 15 is 0 Å². The van der Waals surface area contributed by atoms with Crippen molar-refractivity contribution < 1.29 is 0 Å². The van der Waals surface area contributed by atoms with E-state index < -0.39 is 0 Å². The van der Waals surface area contributed by atoms with Crippen LogP contribution >= 0.6 is 0 Å². The van der Waals surface area contributed by atoms with Crippen molar-refractivity contribution in [3.63, 3.8) is 0 Å². The third-order valence-electron chi connectivity index (χ3n) is 7.90. The van der Waals surface area contributed by atoms with Gasteiger partial charge >= 0.3 is 0 Å². The molecule has 0 bridgehead atoms. The Morgan fingerprint density at radius 2 is 0.618 bits per heavy atom. The minimum Gasteiger partial charge on any atom is -0.309 e. The van der Waals surface area contributed by atoms with Crippen molar-refractivity contribution in [3.8, 4) is 0 Å². The smallest absolute Gasteiger partial charge is 0.00248 e. The molecule has 0 saturated heterocycles. The molecule has 0 radical (unpaired) electrons. The predicted molar refractivity (Wildman–Crippen MR) is 158 cm³/mol. The summed E-state index contributed by atoms with van der Waals surface area (Å²) in [4.78, 5) is 2.35. The van der Waals surface area contributed by atoms with Crippen LogP contribution in [0.25, 0.3) is 0 Å². The largest absolute Gasteiger partial charge is 0.309 e. The van der Waals surface area contributed by atoms with Crippen molar-refractivity contribution in [3.05, 3.63) is 0 Å². The molecule has 0 saturated carbocycles. The van der Waals surface area contributed by atoms with Gasteiger partial charge in [-0.15, -0.1) is 0 Å². The number of hydrogen-bond acceptors (Lipinski definition) is 1. The van der Waals surface area contributed by atoms with Gasteiger partial charge in [-0.1, -0.05) is 181 Å². The standard InChI is InChI=1S/C33H69N/c1-5-7-9-11-13-15-17-19-21-23-25-29-33(31-27-28-32-34(3)4)30-26-24-22-20-18-16-14-12-10-8-6-2/h33H,5-32H2,1-4H3. The Hall–Kier alpha value is -0.0400. The van der Waals surface area contributed by atoms with Crippen molar-refractivity contribution in [2.75, 3.05) is 20.6 Å². The van der Waals surface area contributed by atoms with Gasteiger partial charge in [-0.3, -0.25) is 0 Å². The van der Waals surface area contributed by atoms with Crippen molar-refractivity contribution in [2.24, 2.45) is 5.92 Å². The Bertz CT molecular complexity index is 324. The fraction of sp³-hybridized carbons (Fsp3) is 1.00. The van der Waals surface area contributed by atoms with E-state index in [1.807, 2.05) is 0 Å². The lowest BCUT2D eigenvalue weighted by Crippen LogP contribution is -2.13. The van der Waals surface area contributed by atoms with E-state index in [2.05, 4.69) is 32.8 Å². The highest BCUT2D eigenvalue weighted by Crippen LogP contribution is 2.24. The topological polar surface area (TPSA) is 3.24 Å². The minimum atomic E-state index is 1.01. The van der Waals surface area contributed by atoms with Crippen LogP contribution in [0.1, 0.15) is 187 Å². The summed E-state index contributed by atoms with van der Waals surface area (Å²) in [5.41, 5.74) is 0. The second-order valence-electron chi connectivity index (χ2n) is 11.8. The first-order chi connectivity index (χ1) is 16.7. The molecule has 1 heteroatoms. The molecule has 0 heterocycles. The molecule has 0 amide bonds. The molecule has 0 fully saturated rings. The van der Waals surface area contributed by atoms with Crippen LogP contribution in [0, 0.1) is 5.92 Å². The van der Waals surface area contributed by atoms with Crippen LogP contribution in [0.5, 0.6) is 0 Å². The lowest BCUT2D eigenvalue weighted by molar-refractivity contribution is 0.344. The maximum absolute atomic E-state index is 2.35. The highest BCUT2D eigenvalue weighted by Gasteiger charge is 2.09. The number of rotatable bonds is 29. The minimum absolute atomic E-state index is 1.01. The molecule has 0 aliphatic rings. The van der Waals surface area contributed by atoms with E-state index in [4.69, 9.17) is 0 Å². The maximum Gasteiger partial charge on any atom is -0.00248 e. The van der Waals surface area contributed by atoms with Gasteiger partial charge in [-0.25, -0.2) is 0 Å². The molecule has 0 atom stereocenters. The van der Waals surface area contributed by atoms with E-state index in [0.717, 1.165) is 5.92 Å². The fourth-order valence-electron chi connectivity index (χ4n) is 5.49. The molecule has 0 aromatic rings. The first kappa shape index (κ1) is 34.0. The zero-order valence-corrected chi connectivity index (χ0v) is 24.8. The van der Waals surface area contributed by atoms with Crippen molar-refractivity contribution in [1.82, 2.24) is 4.90 Å². The average molecular weight is 480 g/mol. The van der Waals surface area contributed by atoms with Gasteiger partial charge in [0.2, 0.25) is 0 Å². The summed E-state index contributed by atoms with van der Waals surface area (Å²) in [7, 11) is 4.43. The van der Waals surface area contributed by atoms with Gasteiger partial charge in [-0.2, -0.15) is 0 Å². The lowest BCUT2D eigenvalue weighted by atomic mass is 9.90. The summed E-state index contributed by atoms with van der Waals surface area (Å²) >= 11 is 0. The summed E-state index contributed by atoms with van der Waals surface area (Å²) in [6.45, 7) is 5.89. The second kappa shape index (κ2) is 29.2. The predicted octanol–water partition coefficient (Wildman–Crippen LogP) is 11.7. The average Bonchev–Trinajstić information content (AvgIpc) is 2.82. The monoisotopic (exact) mass is 480 g/mol. The van der Waals surface area contributed by atoms with Gasteiger partial charge in [0, 0.05) is 0 Å². The van der Waals surface area contributed by atoms with Crippen LogP contribution in [-0.4, -0.2) is 25.5 Å². The van der Waals surface area contributed by atoms with Gasteiger partial charge in [0.15, 0.2) is 0 Å². The van der Waals surface area contributed by atoms with Gasteiger partial charge in [0.25, 0.3) is 0 Å². The molecular weight excluding hydrogens is 410 g/mol. The van der Waals surface area contributed by atoms with Crippen LogP contribution in [0.3, 0.4) is 0 Å². The Balaban J connectivity index is 3.75. The molecule has 0 N–H and O–H groups in total. The van der Waals surface area contributed by atoms with Gasteiger partial charge in [-0.05, 0) is 33.0 Å². The molecule has 0 unspecified atom stereocenters. The van der Waals surface area contributed by atoms with Gasteiger partial charge in [0.05, 0.1) is 0 Å². The molecule has 34 heavy (non-hydrogen) atoms. The Morgan fingerprint density at radius 1 is 0.353 bits per heavy atom. The van der Waals surface area contributed by atoms with E-state index in [1.165, 1.54) is 180 Å². The Morgan fingerprint density at radius 3 is 0.912 bits per heavy atom. The van der Waals surface area contributed by atoms with Gasteiger partial charge in [0.1, 0.15) is 0 Å². The highest BCUT2D eigenvalue weighted by molar-refractivity contribution is 4.62. The van der Waals surface area contributed by atoms with Crippen LogP contribution in [-0.2, 0) is 0 Å². The van der Waals surface area contributed by atoms with E-state index in [0.29, 0.717) is 0 Å². The molecule has 206 valence electrons. The molecule has 0 aromatic carbocycles. The molecule has 0 aromatic heterocycles. The van der Waals surface area contributed by atoms with Gasteiger partial charge < -0.3 is 4.90 Å². The lowest BCUT2D eigenvalue weighted by Gasteiger charge is -2.18. The fourth-order valence-corrected chi connectivity index (χ4v) is 5.49. The summed E-state index contributed by atoms with van der Waals surface area (Å²) in [5.74, 6) is 1.01. The molecule has 0 aliphatic carbocycles. The molecule has 0 spiro atoms. The molecule has 0 rings (SSSR count). The molecular formula is C33H69N. The molecule has 1 nitrogen and oxygen atoms in total. The normalized spacial score (nSPS) is 11.8. The summed E-state index contributed by atoms with van der Waals surface area (Å²) in [6.07, 6.45) is 39.6. The van der Waals surface area contributed by atoms with Crippen LogP contribution in [0.2, 0.25) is 0 Å². The van der Waals surface area contributed by atoms with Crippen molar-refractivity contribution >= 4 is 0 Å². The quantitative estimate of drug-likeness (QED) is 0.0964. The number of unbranched alkanes of at least 4 members (excludes halogenated alkanes) is 21. The summed E-state index contributed by atoms with van der Waals surface area (Å²) < 4.78 is 0. The second-order valence-corrected chi connectivity index (χ2v) is 11.8. The van der Waals surface area contributed by atoms with Crippen LogP contribution in [0.4, 0.5) is 0 Å². The van der Waals surface area contributed by atoms with E-state index in [-0.39, 0.29) is 0 Å². The van der Waals surface area contributed by atoms with Crippen LogP contribution < -0.4 is 0 Å². The first-order valence-corrected chi connectivity index (χ1v) is 16.3. The zero-order valence-electron chi connectivity index (χ0n) is 24.8. The maximum atomic E-state index is 2.35. The van der Waals surface area contributed by atoms with Crippen molar-refractivity contribution in [2.45, 2.75) is 187 Å². The Labute approximate surface area is 218 Å². The summed E-state index contributed by atoms with van der Waals surface area (Å²) in [6, 6.07) is 0. The zero-order chi connectivity index (χ0) is 25.0.